The molecule has 16 heteroatoms. The fraction of sp³-hybridized carbons (Fsp3) is 0.200. The van der Waals surface area contributed by atoms with Crippen LogP contribution in [0.1, 0.15) is 5.69 Å². The number of aliphatic hydroxyl groups excluding tert-OH is 2. The molecule has 36 heavy (non-hydrogen) atoms. The number of nitro benzene ring substituents is 2. The SMILES string of the molecule is C#CCO.COc1cc([N+](=O)[O-])ccc1-n1cc(CO)nn1.COc1cc([N+](=O)[O-])ccc1N=[N+]=[N-]. The van der Waals surface area contributed by atoms with Crippen LogP contribution in [0.15, 0.2) is 47.7 Å². The van der Waals surface area contributed by atoms with Gasteiger partial charge < -0.3 is 19.7 Å². The van der Waals surface area contributed by atoms with Crippen LogP contribution in [0.2, 0.25) is 0 Å². The molecule has 0 saturated heterocycles. The van der Waals surface area contributed by atoms with Crippen molar-refractivity contribution in [1.82, 2.24) is 15.0 Å². The second-order valence-corrected chi connectivity index (χ2v) is 6.09. The highest BCUT2D eigenvalue weighted by Gasteiger charge is 2.14. The largest absolute Gasteiger partial charge is 0.496 e. The number of benzene rings is 2. The number of rotatable bonds is 7. The molecule has 1 aromatic heterocycles. The first-order chi connectivity index (χ1) is 17.3. The number of hydrogen-bond acceptors (Lipinski definition) is 11. The Kier molecular flexibility index (Phi) is 11.9. The van der Waals surface area contributed by atoms with Gasteiger partial charge in [0.1, 0.15) is 23.7 Å². The highest BCUT2D eigenvalue weighted by molar-refractivity contribution is 5.57. The van der Waals surface area contributed by atoms with Crippen molar-refractivity contribution in [2.24, 2.45) is 5.11 Å². The van der Waals surface area contributed by atoms with Gasteiger partial charge in [-0.3, -0.25) is 20.2 Å². The van der Waals surface area contributed by atoms with Gasteiger partial charge in [-0.15, -0.1) is 11.5 Å². The molecule has 1 heterocycles. The van der Waals surface area contributed by atoms with Crippen LogP contribution in [0.25, 0.3) is 16.1 Å². The summed E-state index contributed by atoms with van der Waals surface area (Å²) in [4.78, 5) is 22.5. The average Bonchev–Trinajstić information content (AvgIpc) is 3.38. The number of terminal acetylenes is 1. The van der Waals surface area contributed by atoms with E-state index in [0.717, 1.165) is 0 Å². The van der Waals surface area contributed by atoms with Crippen molar-refractivity contribution in [1.29, 1.82) is 0 Å². The van der Waals surface area contributed by atoms with Gasteiger partial charge in [0.05, 0.1) is 54.7 Å². The molecule has 0 atom stereocenters. The highest BCUT2D eigenvalue weighted by Crippen LogP contribution is 2.31. The summed E-state index contributed by atoms with van der Waals surface area (Å²) in [6.45, 7) is -0.380. The summed E-state index contributed by atoms with van der Waals surface area (Å²) in [5, 5.41) is 48.4. The second-order valence-electron chi connectivity index (χ2n) is 6.09. The third-order valence-corrected chi connectivity index (χ3v) is 3.94. The maximum absolute atomic E-state index is 10.6. The maximum Gasteiger partial charge on any atom is 0.273 e. The quantitative estimate of drug-likeness (QED) is 0.120. The summed E-state index contributed by atoms with van der Waals surface area (Å²) in [6, 6.07) is 7.92. The lowest BCUT2D eigenvalue weighted by atomic mass is 10.2. The predicted molar refractivity (Wildman–Crippen MR) is 125 cm³/mol. The summed E-state index contributed by atoms with van der Waals surface area (Å²) in [5.74, 6) is 2.47. The molecule has 0 unspecified atom stereocenters. The first-order valence-corrected chi connectivity index (χ1v) is 9.52. The summed E-state index contributed by atoms with van der Waals surface area (Å²) in [5.41, 5.74) is 9.13. The molecular weight excluding hydrogens is 480 g/mol. The normalized spacial score (nSPS) is 9.19. The van der Waals surface area contributed by atoms with E-state index >= 15 is 0 Å². The number of nitrogens with zero attached hydrogens (tertiary/aromatic N) is 8. The number of methoxy groups -OCH3 is 2. The molecule has 2 aromatic carbocycles. The van der Waals surface area contributed by atoms with Crippen molar-refractivity contribution in [3.63, 3.8) is 0 Å². The Bertz CT molecular complexity index is 1280. The molecular formula is C20H20N8O8. The van der Waals surface area contributed by atoms with E-state index in [1.807, 2.05) is 5.92 Å². The van der Waals surface area contributed by atoms with E-state index in [2.05, 4.69) is 26.8 Å². The molecule has 0 aliphatic carbocycles. The fourth-order valence-electron chi connectivity index (χ4n) is 2.37. The number of non-ortho nitro benzene ring substituents is 2. The third-order valence-electron chi connectivity index (χ3n) is 3.94. The van der Waals surface area contributed by atoms with Gasteiger partial charge in [0.25, 0.3) is 11.4 Å². The Morgan fingerprint density at radius 1 is 1.11 bits per heavy atom. The van der Waals surface area contributed by atoms with Gasteiger partial charge >= 0.3 is 0 Å². The fourth-order valence-corrected chi connectivity index (χ4v) is 2.37. The highest BCUT2D eigenvalue weighted by atomic mass is 16.6. The van der Waals surface area contributed by atoms with E-state index in [4.69, 9.17) is 25.2 Å². The second kappa shape index (κ2) is 14.8. The van der Waals surface area contributed by atoms with Crippen molar-refractivity contribution in [2.75, 3.05) is 20.8 Å². The summed E-state index contributed by atoms with van der Waals surface area (Å²) in [6.07, 6.45) is 6.05. The van der Waals surface area contributed by atoms with Gasteiger partial charge in [-0.25, -0.2) is 4.68 Å². The van der Waals surface area contributed by atoms with Gasteiger partial charge in [-0.1, -0.05) is 16.2 Å². The van der Waals surface area contributed by atoms with E-state index in [0.29, 0.717) is 17.1 Å². The Morgan fingerprint density at radius 3 is 2.11 bits per heavy atom. The summed E-state index contributed by atoms with van der Waals surface area (Å²) >= 11 is 0. The average molecular weight is 500 g/mol. The first kappa shape index (κ1) is 28.8. The van der Waals surface area contributed by atoms with Crippen LogP contribution in [0.4, 0.5) is 17.1 Å². The van der Waals surface area contributed by atoms with Gasteiger partial charge in [-0.2, -0.15) is 0 Å². The zero-order valence-electron chi connectivity index (χ0n) is 19.0. The first-order valence-electron chi connectivity index (χ1n) is 9.52. The summed E-state index contributed by atoms with van der Waals surface area (Å²) < 4.78 is 11.3. The van der Waals surface area contributed by atoms with E-state index in [1.54, 1.807) is 0 Å². The van der Waals surface area contributed by atoms with Crippen LogP contribution < -0.4 is 9.47 Å². The lowest BCUT2D eigenvalue weighted by Crippen LogP contribution is -2.00. The monoisotopic (exact) mass is 500 g/mol. The standard InChI is InChI=1S/C10H10N4O4.C7H6N4O3.C3H4O/c1-18-10-4-8(14(16)17)2-3-9(10)13-5-7(6-15)11-12-13;1-14-7-4-5(11(12)13)2-3-6(7)9-10-8;1-2-3-4/h2-5,15H,6H2,1H3;2-4H,1H3;1,4H,3H2. The number of aromatic nitrogens is 3. The molecule has 0 aliphatic rings. The number of hydrogen-bond donors (Lipinski definition) is 2. The van der Waals surface area contributed by atoms with Crippen LogP contribution in [0.3, 0.4) is 0 Å². The van der Waals surface area contributed by atoms with Crippen molar-refractivity contribution in [2.45, 2.75) is 6.61 Å². The Hall–Kier alpha value is -5.23. The smallest absolute Gasteiger partial charge is 0.273 e. The molecule has 0 saturated carbocycles. The minimum absolute atomic E-state index is 0.0712. The zero-order valence-corrected chi connectivity index (χ0v) is 19.0. The lowest BCUT2D eigenvalue weighted by molar-refractivity contribution is -0.385. The molecule has 0 fully saturated rings. The van der Waals surface area contributed by atoms with Gasteiger partial charge in [-0.05, 0) is 17.7 Å². The zero-order chi connectivity index (χ0) is 27.1. The van der Waals surface area contributed by atoms with E-state index < -0.39 is 9.85 Å². The number of ether oxygens (including phenoxy) is 2. The Balaban J connectivity index is 0.000000321. The van der Waals surface area contributed by atoms with Crippen LogP contribution in [-0.2, 0) is 6.61 Å². The van der Waals surface area contributed by atoms with E-state index in [9.17, 15) is 20.2 Å². The van der Waals surface area contributed by atoms with E-state index in [-0.39, 0.29) is 36.0 Å². The number of azide groups is 1. The molecule has 0 spiro atoms. The van der Waals surface area contributed by atoms with Crippen LogP contribution in [-0.4, -0.2) is 55.9 Å². The van der Waals surface area contributed by atoms with Gasteiger partial charge in [0.2, 0.25) is 0 Å². The molecule has 0 radical (unpaired) electrons. The molecule has 0 aliphatic heterocycles. The number of aliphatic hydroxyl groups is 2. The maximum atomic E-state index is 10.6. The molecule has 188 valence electrons. The topological polar surface area (TPSA) is 225 Å². The van der Waals surface area contributed by atoms with Gasteiger partial charge in [0.15, 0.2) is 5.75 Å². The Morgan fingerprint density at radius 2 is 1.67 bits per heavy atom. The molecule has 3 aromatic rings. The van der Waals surface area contributed by atoms with Crippen LogP contribution >= 0.6 is 0 Å². The van der Waals surface area contributed by atoms with Crippen molar-refractivity contribution in [3.8, 4) is 29.5 Å². The predicted octanol–water partition coefficient (Wildman–Crippen LogP) is 2.83. The molecule has 3 rings (SSSR count). The van der Waals surface area contributed by atoms with Crippen LogP contribution in [0.5, 0.6) is 11.5 Å². The number of nitro groups is 2. The molecule has 0 bridgehead atoms. The van der Waals surface area contributed by atoms with Gasteiger partial charge in [0, 0.05) is 17.0 Å². The minimum Gasteiger partial charge on any atom is -0.496 e. The Labute approximate surface area is 203 Å². The van der Waals surface area contributed by atoms with Crippen molar-refractivity contribution < 1.29 is 29.5 Å². The molecule has 2 N–H and O–H groups in total. The van der Waals surface area contributed by atoms with E-state index in [1.165, 1.54) is 61.5 Å². The minimum atomic E-state index is -0.553. The molecule has 0 amide bonds. The van der Waals surface area contributed by atoms with Crippen molar-refractivity contribution >= 4 is 17.1 Å². The van der Waals surface area contributed by atoms with Crippen LogP contribution in [0, 0.1) is 32.6 Å². The summed E-state index contributed by atoms with van der Waals surface area (Å²) in [7, 11) is 2.75. The lowest BCUT2D eigenvalue weighted by Gasteiger charge is -2.06. The third kappa shape index (κ3) is 8.28. The van der Waals surface area contributed by atoms with Crippen molar-refractivity contribution in [3.05, 3.63) is 79.0 Å². The molecule has 16 nitrogen and oxygen atoms in total.